The van der Waals surface area contributed by atoms with Crippen LogP contribution in [0.1, 0.15) is 30.9 Å². The van der Waals surface area contributed by atoms with Crippen LogP contribution in [-0.4, -0.2) is 31.1 Å². The van der Waals surface area contributed by atoms with Gasteiger partial charge in [-0.2, -0.15) is 5.26 Å². The summed E-state index contributed by atoms with van der Waals surface area (Å²) in [5.74, 6) is 1.24. The molecule has 4 nitrogen and oxygen atoms in total. The van der Waals surface area contributed by atoms with Crippen molar-refractivity contribution in [3.63, 3.8) is 0 Å². The summed E-state index contributed by atoms with van der Waals surface area (Å²) in [6.45, 7) is 4.94. The Balaban J connectivity index is 2.11. The van der Waals surface area contributed by atoms with E-state index < -0.39 is 0 Å². The van der Waals surface area contributed by atoms with Crippen LogP contribution in [0.2, 0.25) is 0 Å². The van der Waals surface area contributed by atoms with Gasteiger partial charge in [-0.05, 0) is 49.9 Å². The lowest BCUT2D eigenvalue weighted by Gasteiger charge is -2.37. The van der Waals surface area contributed by atoms with Crippen molar-refractivity contribution >= 4 is 0 Å². The van der Waals surface area contributed by atoms with Crippen molar-refractivity contribution in [3.05, 3.63) is 29.3 Å². The highest BCUT2D eigenvalue weighted by atomic mass is 16.5. The maximum atomic E-state index is 9.15. The van der Waals surface area contributed by atoms with E-state index in [2.05, 4.69) is 17.9 Å². The minimum absolute atomic E-state index is 0.574. The average molecular weight is 273 g/mol. The minimum atomic E-state index is 0.574. The van der Waals surface area contributed by atoms with Gasteiger partial charge in [0.05, 0.1) is 12.7 Å². The molecule has 0 saturated carbocycles. The van der Waals surface area contributed by atoms with Crippen LogP contribution in [-0.2, 0) is 6.54 Å². The van der Waals surface area contributed by atoms with Crippen LogP contribution in [0.5, 0.6) is 5.75 Å². The predicted octanol–water partition coefficient (Wildman–Crippen LogP) is 2.13. The molecule has 1 aromatic rings. The van der Waals surface area contributed by atoms with E-state index in [9.17, 15) is 0 Å². The van der Waals surface area contributed by atoms with E-state index >= 15 is 0 Å². The number of likely N-dealkylation sites (tertiary alicyclic amines) is 1. The van der Waals surface area contributed by atoms with Crippen LogP contribution in [0.3, 0.4) is 0 Å². The molecule has 0 radical (unpaired) electrons. The second kappa shape index (κ2) is 6.74. The summed E-state index contributed by atoms with van der Waals surface area (Å²) in [5, 5.41) is 9.15. The number of nitriles is 1. The Hall–Kier alpha value is -1.57. The zero-order valence-electron chi connectivity index (χ0n) is 12.3. The number of nitrogens with zero attached hydrogens (tertiary/aromatic N) is 2. The monoisotopic (exact) mass is 273 g/mol. The quantitative estimate of drug-likeness (QED) is 0.913. The first-order valence-corrected chi connectivity index (χ1v) is 7.19. The van der Waals surface area contributed by atoms with Crippen molar-refractivity contribution in [1.29, 1.82) is 5.26 Å². The topological polar surface area (TPSA) is 62.3 Å². The fourth-order valence-corrected chi connectivity index (χ4v) is 2.85. The molecule has 0 spiro atoms. The molecule has 1 aliphatic rings. The van der Waals surface area contributed by atoms with Gasteiger partial charge < -0.3 is 10.5 Å². The Morgan fingerprint density at radius 3 is 2.90 bits per heavy atom. The molecule has 20 heavy (non-hydrogen) atoms. The molecule has 2 atom stereocenters. The molecule has 2 N–H and O–H groups in total. The molecule has 1 saturated heterocycles. The van der Waals surface area contributed by atoms with Gasteiger partial charge in [-0.25, -0.2) is 0 Å². The number of methoxy groups -OCH3 is 1. The van der Waals surface area contributed by atoms with Crippen molar-refractivity contribution in [3.8, 4) is 11.8 Å². The van der Waals surface area contributed by atoms with Crippen LogP contribution in [0.4, 0.5) is 0 Å². The Morgan fingerprint density at radius 2 is 2.25 bits per heavy atom. The normalized spacial score (nSPS) is 23.3. The van der Waals surface area contributed by atoms with Gasteiger partial charge in [-0.1, -0.05) is 6.07 Å². The van der Waals surface area contributed by atoms with E-state index in [4.69, 9.17) is 15.7 Å². The third-order valence-corrected chi connectivity index (χ3v) is 4.21. The molecule has 1 aliphatic heterocycles. The maximum Gasteiger partial charge on any atom is 0.136 e. The molecular formula is C16H23N3O. The first-order chi connectivity index (χ1) is 9.67. The van der Waals surface area contributed by atoms with Crippen molar-refractivity contribution in [2.75, 3.05) is 20.2 Å². The summed E-state index contributed by atoms with van der Waals surface area (Å²) in [4.78, 5) is 2.46. The number of nitrogens with two attached hydrogens (primary N) is 1. The molecule has 0 aliphatic carbocycles. The Morgan fingerprint density at radius 1 is 1.45 bits per heavy atom. The van der Waals surface area contributed by atoms with Gasteiger partial charge in [0.2, 0.25) is 0 Å². The number of ether oxygens (including phenoxy) is 1. The van der Waals surface area contributed by atoms with E-state index in [1.807, 2.05) is 18.2 Å². The number of benzene rings is 1. The largest absolute Gasteiger partial charge is 0.495 e. The Labute approximate surface area is 121 Å². The average Bonchev–Trinajstić information content (AvgIpc) is 2.49. The van der Waals surface area contributed by atoms with Crippen molar-refractivity contribution in [2.45, 2.75) is 32.4 Å². The van der Waals surface area contributed by atoms with Crippen molar-refractivity contribution < 1.29 is 4.74 Å². The molecule has 108 valence electrons. The Bertz CT molecular complexity index is 495. The molecule has 2 rings (SSSR count). The number of piperidine rings is 1. The van der Waals surface area contributed by atoms with E-state index in [0.29, 0.717) is 23.3 Å². The van der Waals surface area contributed by atoms with Crippen LogP contribution >= 0.6 is 0 Å². The fourth-order valence-electron chi connectivity index (χ4n) is 2.85. The molecule has 0 bridgehead atoms. The van der Waals surface area contributed by atoms with Gasteiger partial charge in [0.15, 0.2) is 0 Å². The lowest BCUT2D eigenvalue weighted by Crippen LogP contribution is -2.43. The van der Waals surface area contributed by atoms with Crippen LogP contribution in [0, 0.1) is 17.2 Å². The molecule has 1 fully saturated rings. The lowest BCUT2D eigenvalue weighted by molar-refractivity contribution is 0.113. The lowest BCUT2D eigenvalue weighted by atomic mass is 9.93. The first kappa shape index (κ1) is 14.8. The van der Waals surface area contributed by atoms with Gasteiger partial charge in [-0.3, -0.25) is 4.90 Å². The standard InChI is InChI=1S/C16H23N3O/c1-12-3-4-14(8-17)11-19(12)10-13-5-6-16(20-2)15(7-13)9-18/h5-7,12,14H,3-4,8,10-11,17H2,1-2H3. The summed E-state index contributed by atoms with van der Waals surface area (Å²) in [6.07, 6.45) is 2.42. The highest BCUT2D eigenvalue weighted by Crippen LogP contribution is 2.25. The van der Waals surface area contributed by atoms with E-state index in [0.717, 1.165) is 25.2 Å². The highest BCUT2D eigenvalue weighted by molar-refractivity contribution is 5.45. The van der Waals surface area contributed by atoms with Gasteiger partial charge in [0.1, 0.15) is 11.8 Å². The third-order valence-electron chi connectivity index (χ3n) is 4.21. The predicted molar refractivity (Wildman–Crippen MR) is 79.4 cm³/mol. The summed E-state index contributed by atoms with van der Waals surface area (Å²) in [5.41, 5.74) is 7.56. The minimum Gasteiger partial charge on any atom is -0.495 e. The summed E-state index contributed by atoms with van der Waals surface area (Å²) < 4.78 is 5.18. The first-order valence-electron chi connectivity index (χ1n) is 7.19. The second-order valence-electron chi connectivity index (χ2n) is 5.60. The van der Waals surface area contributed by atoms with Crippen molar-refractivity contribution in [2.24, 2.45) is 11.7 Å². The molecule has 2 unspecified atom stereocenters. The number of rotatable bonds is 4. The fraction of sp³-hybridized carbons (Fsp3) is 0.562. The molecular weight excluding hydrogens is 250 g/mol. The number of hydrogen-bond donors (Lipinski definition) is 1. The SMILES string of the molecule is COc1ccc(CN2CC(CN)CCC2C)cc1C#N. The zero-order valence-corrected chi connectivity index (χ0v) is 12.3. The van der Waals surface area contributed by atoms with Gasteiger partial charge in [0.25, 0.3) is 0 Å². The molecule has 1 heterocycles. The van der Waals surface area contributed by atoms with Crippen LogP contribution < -0.4 is 10.5 Å². The maximum absolute atomic E-state index is 9.15. The van der Waals surface area contributed by atoms with E-state index in [1.54, 1.807) is 7.11 Å². The van der Waals surface area contributed by atoms with E-state index in [-0.39, 0.29) is 0 Å². The molecule has 0 aromatic heterocycles. The zero-order chi connectivity index (χ0) is 14.5. The Kier molecular flexibility index (Phi) is 4.99. The second-order valence-corrected chi connectivity index (χ2v) is 5.60. The molecule has 4 heteroatoms. The summed E-state index contributed by atoms with van der Waals surface area (Å²) in [7, 11) is 1.59. The van der Waals surface area contributed by atoms with Gasteiger partial charge in [-0.15, -0.1) is 0 Å². The van der Waals surface area contributed by atoms with Crippen LogP contribution in [0.25, 0.3) is 0 Å². The molecule has 1 aromatic carbocycles. The van der Waals surface area contributed by atoms with Gasteiger partial charge in [0, 0.05) is 19.1 Å². The highest BCUT2D eigenvalue weighted by Gasteiger charge is 2.24. The number of hydrogen-bond acceptors (Lipinski definition) is 4. The smallest absolute Gasteiger partial charge is 0.136 e. The van der Waals surface area contributed by atoms with Gasteiger partial charge >= 0.3 is 0 Å². The van der Waals surface area contributed by atoms with E-state index in [1.165, 1.54) is 12.8 Å². The third kappa shape index (κ3) is 3.30. The van der Waals surface area contributed by atoms with Crippen molar-refractivity contribution in [1.82, 2.24) is 4.90 Å². The van der Waals surface area contributed by atoms with Crippen LogP contribution in [0.15, 0.2) is 18.2 Å². The summed E-state index contributed by atoms with van der Waals surface area (Å²) in [6, 6.07) is 8.61. The summed E-state index contributed by atoms with van der Waals surface area (Å²) >= 11 is 0. The molecule has 0 amide bonds.